The van der Waals surface area contributed by atoms with E-state index in [4.69, 9.17) is 9.84 Å². The lowest BCUT2D eigenvalue weighted by Gasteiger charge is -2.29. The van der Waals surface area contributed by atoms with Gasteiger partial charge in [-0.25, -0.2) is 0 Å². The smallest absolute Gasteiger partial charge is 0.481 e. The zero-order valence-corrected chi connectivity index (χ0v) is 17.6. The topological polar surface area (TPSA) is 144 Å². The summed E-state index contributed by atoms with van der Waals surface area (Å²) in [6.07, 6.45) is 3.57. The van der Waals surface area contributed by atoms with Gasteiger partial charge in [0.05, 0.1) is 11.1 Å². The maximum atomic E-state index is 12.9. The minimum Gasteiger partial charge on any atom is -0.481 e. The van der Waals surface area contributed by atoms with Crippen molar-refractivity contribution < 1.29 is 54.9 Å². The molecule has 0 saturated heterocycles. The van der Waals surface area contributed by atoms with Crippen molar-refractivity contribution in [3.63, 3.8) is 0 Å². The highest BCUT2D eigenvalue weighted by atomic mass is 32.2. The fourth-order valence-electron chi connectivity index (χ4n) is 3.01. The lowest BCUT2D eigenvalue weighted by atomic mass is 9.89. The summed E-state index contributed by atoms with van der Waals surface area (Å²) in [4.78, 5) is 48.8. The number of rotatable bonds is 5. The Labute approximate surface area is 183 Å². The molecule has 0 bridgehead atoms. The molecule has 2 atom stereocenters. The third-order valence-corrected chi connectivity index (χ3v) is 5.63. The minimum atomic E-state index is -6.38. The number of hydrogen-bond acceptors (Lipinski definition) is 8. The molecule has 0 aromatic heterocycles. The number of imide groups is 1. The van der Waals surface area contributed by atoms with E-state index in [9.17, 15) is 40.8 Å². The van der Waals surface area contributed by atoms with Crippen molar-refractivity contribution in [2.45, 2.75) is 25.0 Å². The standard InChI is InChI=1S/C19H14F3NO9S/c1-9(16(26)27)17(28)31-18(2)7-6-10-4-3-5-11-13(10)12(8-18)15(25)23(14(11)24)32-33(29,30)19(20,21)22/h3-9H,1-2H3,(H,26,27). The maximum Gasteiger partial charge on any atom is 0.525 e. The van der Waals surface area contributed by atoms with Crippen molar-refractivity contribution >= 4 is 45.5 Å². The van der Waals surface area contributed by atoms with Gasteiger partial charge in [-0.3, -0.25) is 19.2 Å². The number of alkyl halides is 3. The van der Waals surface area contributed by atoms with Crippen LogP contribution in [0.5, 0.6) is 0 Å². The Morgan fingerprint density at radius 3 is 2.39 bits per heavy atom. The summed E-state index contributed by atoms with van der Waals surface area (Å²) in [6.45, 7) is 2.30. The molecule has 1 heterocycles. The quantitative estimate of drug-likeness (QED) is 0.284. The molecule has 1 aromatic carbocycles. The number of nitrogens with zero attached hydrogens (tertiary/aromatic N) is 1. The van der Waals surface area contributed by atoms with Gasteiger partial charge in [-0.05, 0) is 37.6 Å². The molecule has 33 heavy (non-hydrogen) atoms. The van der Waals surface area contributed by atoms with Crippen LogP contribution >= 0.6 is 0 Å². The molecule has 0 saturated carbocycles. The van der Waals surface area contributed by atoms with Gasteiger partial charge in [-0.2, -0.15) is 21.6 Å². The van der Waals surface area contributed by atoms with Crippen molar-refractivity contribution in [1.29, 1.82) is 0 Å². The molecule has 10 nitrogen and oxygen atoms in total. The number of ether oxygens (including phenoxy) is 1. The van der Waals surface area contributed by atoms with Crippen LogP contribution in [-0.2, 0) is 33.5 Å². The molecular formula is C19H14F3NO9S. The van der Waals surface area contributed by atoms with Crippen LogP contribution in [0.25, 0.3) is 11.6 Å². The normalized spacial score (nSPS) is 21.1. The van der Waals surface area contributed by atoms with Gasteiger partial charge in [0.25, 0.3) is 11.8 Å². The zero-order chi connectivity index (χ0) is 24.9. The molecule has 1 aliphatic heterocycles. The molecule has 2 unspecified atom stereocenters. The molecule has 0 radical (unpaired) electrons. The second-order valence-corrected chi connectivity index (χ2v) is 8.73. The van der Waals surface area contributed by atoms with Gasteiger partial charge in [-0.15, -0.1) is 9.35 Å². The van der Waals surface area contributed by atoms with E-state index >= 15 is 0 Å². The molecule has 1 N–H and O–H groups in total. The van der Waals surface area contributed by atoms with Crippen LogP contribution in [0.4, 0.5) is 13.2 Å². The molecule has 14 heteroatoms. The van der Waals surface area contributed by atoms with Crippen LogP contribution in [0.3, 0.4) is 0 Å². The molecule has 1 aromatic rings. The lowest BCUT2D eigenvalue weighted by Crippen LogP contribution is -2.45. The Morgan fingerprint density at radius 2 is 1.82 bits per heavy atom. The number of carboxylic acid groups (broad SMARTS) is 1. The predicted molar refractivity (Wildman–Crippen MR) is 102 cm³/mol. The second-order valence-electron chi connectivity index (χ2n) is 7.21. The van der Waals surface area contributed by atoms with E-state index < -0.39 is 61.5 Å². The van der Waals surface area contributed by atoms with E-state index in [0.29, 0.717) is 0 Å². The number of esters is 1. The Kier molecular flexibility index (Phi) is 5.71. The van der Waals surface area contributed by atoms with E-state index in [-0.39, 0.29) is 16.7 Å². The number of carbonyl (C=O) groups excluding carboxylic acids is 3. The van der Waals surface area contributed by atoms with Crippen LogP contribution in [-0.4, -0.2) is 53.4 Å². The molecule has 2 amide bonds. The number of carboxylic acids is 1. The maximum absolute atomic E-state index is 12.9. The highest BCUT2D eigenvalue weighted by Gasteiger charge is 2.52. The van der Waals surface area contributed by atoms with E-state index in [1.54, 1.807) is 0 Å². The molecule has 3 rings (SSSR count). The van der Waals surface area contributed by atoms with Crippen molar-refractivity contribution in [2.75, 3.05) is 0 Å². The Morgan fingerprint density at radius 1 is 1.18 bits per heavy atom. The minimum absolute atomic E-state index is 0.0564. The van der Waals surface area contributed by atoms with Crippen LogP contribution in [0, 0.1) is 5.92 Å². The first kappa shape index (κ1) is 24.1. The summed E-state index contributed by atoms with van der Waals surface area (Å²) >= 11 is 0. The third-order valence-electron chi connectivity index (χ3n) is 4.72. The van der Waals surface area contributed by atoms with Crippen molar-refractivity contribution in [1.82, 2.24) is 5.06 Å². The predicted octanol–water partition coefficient (Wildman–Crippen LogP) is 1.88. The van der Waals surface area contributed by atoms with E-state index in [0.717, 1.165) is 19.1 Å². The highest BCUT2D eigenvalue weighted by Crippen LogP contribution is 2.39. The SMILES string of the molecule is CC(C(=O)O)C(=O)OC1(C)C=Cc2cccc3c2C(=C1)C(=O)N(OS(=O)(=O)C(F)(F)F)C3=O. The monoisotopic (exact) mass is 489 g/mol. The lowest BCUT2D eigenvalue weighted by molar-refractivity contribution is -0.162. The first-order valence-electron chi connectivity index (χ1n) is 8.99. The highest BCUT2D eigenvalue weighted by molar-refractivity contribution is 7.87. The number of aliphatic carboxylic acids is 1. The average molecular weight is 489 g/mol. The van der Waals surface area contributed by atoms with Crippen molar-refractivity contribution in [2.24, 2.45) is 5.92 Å². The van der Waals surface area contributed by atoms with Gasteiger partial charge >= 0.3 is 27.6 Å². The number of hydroxylamine groups is 2. The van der Waals surface area contributed by atoms with E-state index in [1.165, 1.54) is 31.2 Å². The Balaban J connectivity index is 2.13. The molecular weight excluding hydrogens is 475 g/mol. The van der Waals surface area contributed by atoms with E-state index in [2.05, 4.69) is 4.28 Å². The molecule has 0 spiro atoms. The molecule has 1 aliphatic carbocycles. The Hall–Kier alpha value is -3.52. The summed E-state index contributed by atoms with van der Waals surface area (Å²) in [6, 6.07) is 3.90. The number of benzene rings is 1. The summed E-state index contributed by atoms with van der Waals surface area (Å²) < 4.78 is 70.2. The van der Waals surface area contributed by atoms with Gasteiger partial charge in [0.15, 0.2) is 5.92 Å². The second kappa shape index (κ2) is 7.81. The van der Waals surface area contributed by atoms with Crippen molar-refractivity contribution in [3.05, 3.63) is 47.0 Å². The Bertz CT molecular complexity index is 1250. The number of carbonyl (C=O) groups is 4. The largest absolute Gasteiger partial charge is 0.525 e. The van der Waals surface area contributed by atoms with Crippen LogP contribution in [0.2, 0.25) is 0 Å². The summed E-state index contributed by atoms with van der Waals surface area (Å²) in [5.74, 6) is -7.30. The van der Waals surface area contributed by atoms with Crippen LogP contribution < -0.4 is 0 Å². The summed E-state index contributed by atoms with van der Waals surface area (Å²) in [5, 5.41) is 8.44. The average Bonchev–Trinajstić information content (AvgIpc) is 2.85. The van der Waals surface area contributed by atoms with Gasteiger partial charge in [0, 0.05) is 5.56 Å². The zero-order valence-electron chi connectivity index (χ0n) is 16.7. The molecule has 2 aliphatic rings. The fourth-order valence-corrected chi connectivity index (χ4v) is 3.42. The van der Waals surface area contributed by atoms with Crippen molar-refractivity contribution in [3.8, 4) is 0 Å². The van der Waals surface area contributed by atoms with Gasteiger partial charge in [0.1, 0.15) is 5.60 Å². The van der Waals surface area contributed by atoms with Gasteiger partial charge in [-0.1, -0.05) is 18.2 Å². The van der Waals surface area contributed by atoms with Gasteiger partial charge in [0.2, 0.25) is 0 Å². The number of halogens is 3. The molecule has 0 fully saturated rings. The summed E-state index contributed by atoms with van der Waals surface area (Å²) in [5.41, 5.74) is -8.40. The number of hydrogen-bond donors (Lipinski definition) is 1. The van der Waals surface area contributed by atoms with Gasteiger partial charge < -0.3 is 9.84 Å². The first-order valence-corrected chi connectivity index (χ1v) is 10.4. The third kappa shape index (κ3) is 4.26. The fraction of sp³-hybridized carbons (Fsp3) is 0.263. The van der Waals surface area contributed by atoms with Crippen LogP contribution in [0.15, 0.2) is 30.4 Å². The summed E-state index contributed by atoms with van der Waals surface area (Å²) in [7, 11) is -6.38. The van der Waals surface area contributed by atoms with E-state index in [1.807, 2.05) is 0 Å². The first-order chi connectivity index (χ1) is 15.1. The van der Waals surface area contributed by atoms with Crippen LogP contribution in [0.1, 0.15) is 35.3 Å². The number of amides is 2. The molecule has 176 valence electrons.